The van der Waals surface area contributed by atoms with Crippen LogP contribution >= 0.6 is 11.3 Å². The number of thiazole rings is 1. The SMILES string of the molecule is COc1ccc(NC(=O)C2=c3s/c(=C\c4ccc(O)c(OC)c4)c(=O)n3C(N)=C(C#N)C2c2ccc(O)c(OC)c2)cc1. The summed E-state index contributed by atoms with van der Waals surface area (Å²) in [4.78, 5) is 27.8. The molecule has 218 valence electrons. The maximum absolute atomic E-state index is 14.1. The lowest BCUT2D eigenvalue weighted by Gasteiger charge is -2.25. The van der Waals surface area contributed by atoms with E-state index in [0.29, 0.717) is 22.6 Å². The van der Waals surface area contributed by atoms with Crippen LogP contribution in [0.25, 0.3) is 17.5 Å². The van der Waals surface area contributed by atoms with E-state index >= 15 is 0 Å². The van der Waals surface area contributed by atoms with Crippen LogP contribution in [-0.2, 0) is 4.79 Å². The molecular formula is C31H26N4O7S. The zero-order chi connectivity index (χ0) is 30.8. The van der Waals surface area contributed by atoms with Crippen LogP contribution in [-0.4, -0.2) is 42.0 Å². The molecule has 0 saturated carbocycles. The van der Waals surface area contributed by atoms with Crippen LogP contribution in [0.3, 0.4) is 0 Å². The van der Waals surface area contributed by atoms with Crippen LogP contribution in [0, 0.1) is 11.3 Å². The number of nitrogens with zero attached hydrogens (tertiary/aromatic N) is 2. The van der Waals surface area contributed by atoms with Gasteiger partial charge < -0.3 is 35.5 Å². The molecule has 1 aliphatic heterocycles. The molecule has 1 atom stereocenters. The van der Waals surface area contributed by atoms with E-state index in [1.807, 2.05) is 0 Å². The van der Waals surface area contributed by atoms with Crippen molar-refractivity contribution in [1.82, 2.24) is 4.57 Å². The fraction of sp³-hybridized carbons (Fsp3) is 0.129. The minimum atomic E-state index is -1.00. The molecule has 0 saturated heterocycles. The van der Waals surface area contributed by atoms with Gasteiger partial charge in [0.1, 0.15) is 16.2 Å². The number of ether oxygens (including phenoxy) is 3. The van der Waals surface area contributed by atoms with E-state index in [1.165, 1.54) is 39.5 Å². The molecule has 2 heterocycles. The molecule has 1 aromatic heterocycles. The Hall–Kier alpha value is -5.67. The fourth-order valence-electron chi connectivity index (χ4n) is 4.78. The van der Waals surface area contributed by atoms with Gasteiger partial charge in [0.25, 0.3) is 11.5 Å². The monoisotopic (exact) mass is 598 g/mol. The van der Waals surface area contributed by atoms with Gasteiger partial charge in [0.05, 0.1) is 49.0 Å². The number of aromatic hydroxyl groups is 2. The smallest absolute Gasteiger partial charge is 0.274 e. The molecule has 5 N–H and O–H groups in total. The zero-order valence-corrected chi connectivity index (χ0v) is 24.1. The van der Waals surface area contributed by atoms with Crippen molar-refractivity contribution in [2.24, 2.45) is 5.73 Å². The highest BCUT2D eigenvalue weighted by Crippen LogP contribution is 2.40. The summed E-state index contributed by atoms with van der Waals surface area (Å²) in [6, 6.07) is 17.8. The summed E-state index contributed by atoms with van der Waals surface area (Å²) < 4.78 is 17.3. The Morgan fingerprint density at radius 2 is 1.65 bits per heavy atom. The number of methoxy groups -OCH3 is 3. The molecule has 0 spiro atoms. The number of nitrogens with two attached hydrogens (primary N) is 1. The molecule has 43 heavy (non-hydrogen) atoms. The lowest BCUT2D eigenvalue weighted by molar-refractivity contribution is -0.111. The predicted molar refractivity (Wildman–Crippen MR) is 162 cm³/mol. The number of nitriles is 1. The summed E-state index contributed by atoms with van der Waals surface area (Å²) in [6.07, 6.45) is 1.58. The van der Waals surface area contributed by atoms with Crippen molar-refractivity contribution in [2.75, 3.05) is 26.6 Å². The van der Waals surface area contributed by atoms with E-state index in [2.05, 4.69) is 11.4 Å². The molecule has 1 amide bonds. The number of fused-ring (bicyclic) bond motifs is 1. The molecule has 0 bridgehead atoms. The number of rotatable bonds is 7. The first-order chi connectivity index (χ1) is 20.7. The largest absolute Gasteiger partial charge is 0.504 e. The number of anilines is 1. The third-order valence-corrected chi connectivity index (χ3v) is 8.01. The number of hydrogen-bond donors (Lipinski definition) is 4. The van der Waals surface area contributed by atoms with E-state index in [-0.39, 0.29) is 49.2 Å². The van der Waals surface area contributed by atoms with Gasteiger partial charge in [-0.05, 0) is 65.7 Å². The Bertz CT molecular complexity index is 2000. The molecule has 1 aliphatic rings. The number of aromatic nitrogens is 1. The van der Waals surface area contributed by atoms with Gasteiger partial charge in [-0.2, -0.15) is 5.26 Å². The standard InChI is InChI=1S/C31H26N4O7S/c1-40-19-8-6-18(7-9-19)34-29(38)27-26(17-5-11-22(37)24(14-17)42-3)20(15-32)28(33)35-30(39)25(43-31(27)35)13-16-4-10-21(36)23(12-16)41-2/h4-14,26,36-37H,33H2,1-3H3,(H,34,38)/b25-13-. The third-order valence-electron chi connectivity index (χ3n) is 6.90. The lowest BCUT2D eigenvalue weighted by atomic mass is 9.83. The molecule has 12 heteroatoms. The Morgan fingerprint density at radius 1 is 1.00 bits per heavy atom. The number of phenolic OH excluding ortho intramolecular Hbond substituents is 2. The molecule has 0 radical (unpaired) electrons. The van der Waals surface area contributed by atoms with Crippen molar-refractivity contribution < 1.29 is 29.2 Å². The van der Waals surface area contributed by atoms with Crippen LogP contribution in [0.4, 0.5) is 5.69 Å². The van der Waals surface area contributed by atoms with Crippen molar-refractivity contribution in [3.05, 3.63) is 96.9 Å². The molecule has 0 fully saturated rings. The van der Waals surface area contributed by atoms with E-state index in [1.54, 1.807) is 48.5 Å². The Kier molecular flexibility index (Phi) is 7.83. The number of allylic oxidation sites excluding steroid dienone is 1. The molecule has 4 aromatic rings. The summed E-state index contributed by atoms with van der Waals surface area (Å²) in [5.41, 5.74) is 7.45. The Labute approximate surface area is 249 Å². The van der Waals surface area contributed by atoms with Crippen LogP contribution in [0.2, 0.25) is 0 Å². The highest BCUT2D eigenvalue weighted by molar-refractivity contribution is 7.07. The zero-order valence-electron chi connectivity index (χ0n) is 23.2. The minimum Gasteiger partial charge on any atom is -0.504 e. The summed E-state index contributed by atoms with van der Waals surface area (Å²) in [6.45, 7) is 0. The highest BCUT2D eigenvalue weighted by atomic mass is 32.1. The Morgan fingerprint density at radius 3 is 2.28 bits per heavy atom. The van der Waals surface area contributed by atoms with Crippen molar-refractivity contribution in [3.8, 4) is 34.8 Å². The van der Waals surface area contributed by atoms with Gasteiger partial charge in [0.15, 0.2) is 23.0 Å². The first-order valence-electron chi connectivity index (χ1n) is 12.8. The number of carbonyl (C=O) groups excluding carboxylic acids is 1. The van der Waals surface area contributed by atoms with E-state index < -0.39 is 17.4 Å². The Balaban J connectivity index is 1.79. The normalized spacial score (nSPS) is 14.6. The van der Waals surface area contributed by atoms with Crippen molar-refractivity contribution in [1.29, 1.82) is 5.26 Å². The highest BCUT2D eigenvalue weighted by Gasteiger charge is 2.36. The second-order valence-corrected chi connectivity index (χ2v) is 10.4. The number of benzene rings is 3. The van der Waals surface area contributed by atoms with Gasteiger partial charge in [0.2, 0.25) is 0 Å². The molecule has 5 rings (SSSR count). The second-order valence-electron chi connectivity index (χ2n) is 9.36. The van der Waals surface area contributed by atoms with Gasteiger partial charge in [-0.1, -0.05) is 12.1 Å². The lowest BCUT2D eigenvalue weighted by Crippen LogP contribution is -2.40. The topological polar surface area (TPSA) is 169 Å². The minimum absolute atomic E-state index is 0.0297. The average molecular weight is 599 g/mol. The van der Waals surface area contributed by atoms with Crippen molar-refractivity contribution in [2.45, 2.75) is 5.92 Å². The first-order valence-corrected chi connectivity index (χ1v) is 13.6. The van der Waals surface area contributed by atoms with Crippen LogP contribution < -0.4 is 40.0 Å². The van der Waals surface area contributed by atoms with Crippen molar-refractivity contribution in [3.63, 3.8) is 0 Å². The van der Waals surface area contributed by atoms with Crippen molar-refractivity contribution >= 4 is 40.4 Å². The number of amides is 1. The van der Waals surface area contributed by atoms with Crippen LogP contribution in [0.15, 0.2) is 71.0 Å². The molecule has 3 aromatic carbocycles. The van der Waals surface area contributed by atoms with Gasteiger partial charge in [-0.25, -0.2) is 0 Å². The second kappa shape index (κ2) is 11.7. The first kappa shape index (κ1) is 28.8. The molecule has 11 nitrogen and oxygen atoms in total. The summed E-state index contributed by atoms with van der Waals surface area (Å²) in [5, 5.41) is 33.3. The maximum atomic E-state index is 14.1. The number of nitrogens with one attached hydrogen (secondary N) is 1. The molecule has 1 unspecified atom stereocenters. The maximum Gasteiger partial charge on any atom is 0.274 e. The van der Waals surface area contributed by atoms with Crippen LogP contribution in [0.1, 0.15) is 17.0 Å². The van der Waals surface area contributed by atoms with E-state index in [9.17, 15) is 25.1 Å². The molecular weight excluding hydrogens is 572 g/mol. The number of hydrogen-bond acceptors (Lipinski definition) is 10. The van der Waals surface area contributed by atoms with E-state index in [4.69, 9.17) is 19.9 Å². The predicted octanol–water partition coefficient (Wildman–Crippen LogP) is 2.41. The summed E-state index contributed by atoms with van der Waals surface area (Å²) in [5.74, 6) is -0.950. The van der Waals surface area contributed by atoms with Gasteiger partial charge in [-0.15, -0.1) is 11.3 Å². The average Bonchev–Trinajstić information content (AvgIpc) is 3.33. The third kappa shape index (κ3) is 5.25. The van der Waals surface area contributed by atoms with Gasteiger partial charge >= 0.3 is 0 Å². The summed E-state index contributed by atoms with van der Waals surface area (Å²) in [7, 11) is 4.32. The van der Waals surface area contributed by atoms with Gasteiger partial charge in [0, 0.05) is 5.69 Å². The van der Waals surface area contributed by atoms with Gasteiger partial charge in [-0.3, -0.25) is 14.2 Å². The summed E-state index contributed by atoms with van der Waals surface area (Å²) >= 11 is 1.02. The van der Waals surface area contributed by atoms with E-state index in [0.717, 1.165) is 15.9 Å². The number of carbonyl (C=O) groups is 1. The fourth-order valence-corrected chi connectivity index (χ4v) is 5.96. The molecule has 0 aliphatic carbocycles. The van der Waals surface area contributed by atoms with Crippen LogP contribution in [0.5, 0.6) is 28.7 Å². The quantitative estimate of drug-likeness (QED) is 0.250. The number of phenols is 2.